The molecule has 0 radical (unpaired) electrons. The number of benzene rings is 1. The van der Waals surface area contributed by atoms with Crippen LogP contribution in [-0.2, 0) is 4.74 Å². The average Bonchev–Trinajstić information content (AvgIpc) is 2.84. The summed E-state index contributed by atoms with van der Waals surface area (Å²) in [6, 6.07) is 7.71. The van der Waals surface area contributed by atoms with Gasteiger partial charge in [-0.15, -0.1) is 0 Å². The Morgan fingerprint density at radius 1 is 1.44 bits per heavy atom. The summed E-state index contributed by atoms with van der Waals surface area (Å²) in [7, 11) is 0. The maximum Gasteiger partial charge on any atom is 0.272 e. The van der Waals surface area contributed by atoms with E-state index in [1.54, 1.807) is 0 Å². The van der Waals surface area contributed by atoms with Crippen LogP contribution in [0.15, 0.2) is 24.3 Å². The Bertz CT molecular complexity index is 558. The van der Waals surface area contributed by atoms with Crippen LogP contribution in [0.1, 0.15) is 23.3 Å². The van der Waals surface area contributed by atoms with Crippen molar-refractivity contribution in [2.75, 3.05) is 13.2 Å². The van der Waals surface area contributed by atoms with Gasteiger partial charge in [0.2, 0.25) is 0 Å². The third-order valence-corrected chi connectivity index (χ3v) is 3.18. The van der Waals surface area contributed by atoms with Gasteiger partial charge in [-0.3, -0.25) is 9.89 Å². The third-order valence-electron chi connectivity index (χ3n) is 3.18. The SMILES string of the molecule is O=C(NC1CCCOC1)c1n[nH]c2ccccc12. The van der Waals surface area contributed by atoms with E-state index >= 15 is 0 Å². The van der Waals surface area contributed by atoms with Gasteiger partial charge in [0.05, 0.1) is 18.2 Å². The molecule has 5 heteroatoms. The lowest BCUT2D eigenvalue weighted by atomic mass is 10.1. The summed E-state index contributed by atoms with van der Waals surface area (Å²) in [6.45, 7) is 1.38. The number of fused-ring (bicyclic) bond motifs is 1. The molecule has 2 aromatic rings. The van der Waals surface area contributed by atoms with Crippen molar-refractivity contribution >= 4 is 16.8 Å². The van der Waals surface area contributed by atoms with E-state index in [0.717, 1.165) is 30.4 Å². The van der Waals surface area contributed by atoms with Gasteiger partial charge in [-0.05, 0) is 18.9 Å². The third kappa shape index (κ3) is 2.09. The topological polar surface area (TPSA) is 67.0 Å². The predicted molar refractivity (Wildman–Crippen MR) is 67.4 cm³/mol. The molecule has 0 bridgehead atoms. The quantitative estimate of drug-likeness (QED) is 0.842. The molecule has 1 aliphatic heterocycles. The molecule has 18 heavy (non-hydrogen) atoms. The molecule has 1 aromatic heterocycles. The molecule has 1 saturated heterocycles. The normalized spacial score (nSPS) is 19.9. The summed E-state index contributed by atoms with van der Waals surface area (Å²) in [5.41, 5.74) is 1.33. The number of ether oxygens (including phenoxy) is 1. The molecule has 1 aliphatic rings. The first kappa shape index (κ1) is 11.2. The maximum atomic E-state index is 12.1. The first-order valence-corrected chi connectivity index (χ1v) is 6.16. The van der Waals surface area contributed by atoms with Gasteiger partial charge in [-0.25, -0.2) is 0 Å². The molecule has 0 aliphatic carbocycles. The number of carbonyl (C=O) groups excluding carboxylic acids is 1. The highest BCUT2D eigenvalue weighted by atomic mass is 16.5. The van der Waals surface area contributed by atoms with Gasteiger partial charge in [-0.1, -0.05) is 18.2 Å². The number of amides is 1. The van der Waals surface area contributed by atoms with Crippen molar-refractivity contribution in [3.8, 4) is 0 Å². The molecule has 1 atom stereocenters. The fraction of sp³-hybridized carbons (Fsp3) is 0.385. The second-order valence-electron chi connectivity index (χ2n) is 4.51. The van der Waals surface area contributed by atoms with E-state index < -0.39 is 0 Å². The Labute approximate surface area is 105 Å². The van der Waals surface area contributed by atoms with Crippen molar-refractivity contribution in [2.45, 2.75) is 18.9 Å². The minimum Gasteiger partial charge on any atom is -0.379 e. The number of para-hydroxylation sites is 1. The van der Waals surface area contributed by atoms with Crippen molar-refractivity contribution in [3.63, 3.8) is 0 Å². The van der Waals surface area contributed by atoms with Gasteiger partial charge < -0.3 is 10.1 Å². The molecular weight excluding hydrogens is 230 g/mol. The number of hydrogen-bond acceptors (Lipinski definition) is 3. The van der Waals surface area contributed by atoms with E-state index in [4.69, 9.17) is 4.74 Å². The zero-order valence-corrected chi connectivity index (χ0v) is 9.98. The lowest BCUT2D eigenvalue weighted by molar-refractivity contribution is 0.0622. The summed E-state index contributed by atoms with van der Waals surface area (Å²) in [5, 5.41) is 10.8. The highest BCUT2D eigenvalue weighted by molar-refractivity contribution is 6.04. The summed E-state index contributed by atoms with van der Waals surface area (Å²) in [5.74, 6) is -0.136. The summed E-state index contributed by atoms with van der Waals surface area (Å²) in [6.07, 6.45) is 1.96. The lowest BCUT2D eigenvalue weighted by Gasteiger charge is -2.22. The largest absolute Gasteiger partial charge is 0.379 e. The Morgan fingerprint density at radius 3 is 3.17 bits per heavy atom. The molecule has 1 amide bonds. The van der Waals surface area contributed by atoms with Crippen molar-refractivity contribution < 1.29 is 9.53 Å². The Hall–Kier alpha value is -1.88. The van der Waals surface area contributed by atoms with Crippen LogP contribution in [0.4, 0.5) is 0 Å². The first-order chi connectivity index (χ1) is 8.84. The Morgan fingerprint density at radius 2 is 2.33 bits per heavy atom. The van der Waals surface area contributed by atoms with Crippen LogP contribution in [0.2, 0.25) is 0 Å². The molecule has 0 saturated carbocycles. The minimum absolute atomic E-state index is 0.0988. The molecule has 94 valence electrons. The van der Waals surface area contributed by atoms with Crippen LogP contribution < -0.4 is 5.32 Å². The van der Waals surface area contributed by atoms with Crippen LogP contribution in [0, 0.1) is 0 Å². The molecule has 2 N–H and O–H groups in total. The number of carbonyl (C=O) groups is 1. The van der Waals surface area contributed by atoms with Crippen LogP contribution in [-0.4, -0.2) is 35.4 Å². The van der Waals surface area contributed by atoms with Crippen molar-refractivity contribution in [3.05, 3.63) is 30.0 Å². The number of rotatable bonds is 2. The number of nitrogens with one attached hydrogen (secondary N) is 2. The van der Waals surface area contributed by atoms with E-state index in [1.807, 2.05) is 24.3 Å². The maximum absolute atomic E-state index is 12.1. The van der Waals surface area contributed by atoms with Crippen molar-refractivity contribution in [1.29, 1.82) is 0 Å². The van der Waals surface area contributed by atoms with Crippen LogP contribution >= 0.6 is 0 Å². The average molecular weight is 245 g/mol. The number of nitrogens with zero attached hydrogens (tertiary/aromatic N) is 1. The Balaban J connectivity index is 1.79. The molecular formula is C13H15N3O2. The fourth-order valence-electron chi connectivity index (χ4n) is 2.24. The lowest BCUT2D eigenvalue weighted by Crippen LogP contribution is -2.40. The molecule has 3 rings (SSSR count). The molecule has 1 aromatic carbocycles. The summed E-state index contributed by atoms with van der Waals surface area (Å²) < 4.78 is 5.34. The van der Waals surface area contributed by atoms with E-state index in [9.17, 15) is 4.79 Å². The van der Waals surface area contributed by atoms with Gasteiger partial charge >= 0.3 is 0 Å². The fourth-order valence-corrected chi connectivity index (χ4v) is 2.24. The molecule has 2 heterocycles. The first-order valence-electron chi connectivity index (χ1n) is 6.16. The second kappa shape index (κ2) is 4.78. The highest BCUT2D eigenvalue weighted by Gasteiger charge is 2.20. The number of H-pyrrole nitrogens is 1. The Kier molecular flexibility index (Phi) is 2.98. The second-order valence-corrected chi connectivity index (χ2v) is 4.51. The van der Waals surface area contributed by atoms with Gasteiger partial charge in [0.15, 0.2) is 5.69 Å². The predicted octanol–water partition coefficient (Wildman–Crippen LogP) is 1.47. The molecule has 0 spiro atoms. The summed E-state index contributed by atoms with van der Waals surface area (Å²) >= 11 is 0. The molecule has 1 fully saturated rings. The molecule has 1 unspecified atom stereocenters. The smallest absolute Gasteiger partial charge is 0.272 e. The number of aromatic nitrogens is 2. The van der Waals surface area contributed by atoms with Crippen molar-refractivity contribution in [1.82, 2.24) is 15.5 Å². The van der Waals surface area contributed by atoms with Gasteiger partial charge in [0.1, 0.15) is 0 Å². The zero-order chi connectivity index (χ0) is 12.4. The number of aromatic amines is 1. The number of hydrogen-bond donors (Lipinski definition) is 2. The molecule has 5 nitrogen and oxygen atoms in total. The van der Waals surface area contributed by atoms with Crippen LogP contribution in [0.3, 0.4) is 0 Å². The van der Waals surface area contributed by atoms with E-state index in [1.165, 1.54) is 0 Å². The summed E-state index contributed by atoms with van der Waals surface area (Å²) in [4.78, 5) is 12.1. The highest BCUT2D eigenvalue weighted by Crippen LogP contribution is 2.15. The van der Waals surface area contributed by atoms with Gasteiger partial charge in [-0.2, -0.15) is 5.10 Å². The standard InChI is InChI=1S/C13H15N3O2/c17-13(14-9-4-3-7-18-8-9)12-10-5-1-2-6-11(10)15-16-12/h1-2,5-6,9H,3-4,7-8H2,(H,14,17)(H,15,16). The van der Waals surface area contributed by atoms with E-state index in [-0.39, 0.29) is 11.9 Å². The van der Waals surface area contributed by atoms with E-state index in [2.05, 4.69) is 15.5 Å². The van der Waals surface area contributed by atoms with Crippen LogP contribution in [0.5, 0.6) is 0 Å². The van der Waals surface area contributed by atoms with Crippen molar-refractivity contribution in [2.24, 2.45) is 0 Å². The van der Waals surface area contributed by atoms with E-state index in [0.29, 0.717) is 12.3 Å². The monoisotopic (exact) mass is 245 g/mol. The van der Waals surface area contributed by atoms with Gasteiger partial charge in [0.25, 0.3) is 5.91 Å². The van der Waals surface area contributed by atoms with Crippen LogP contribution in [0.25, 0.3) is 10.9 Å². The zero-order valence-electron chi connectivity index (χ0n) is 9.98. The minimum atomic E-state index is -0.136. The van der Waals surface area contributed by atoms with Gasteiger partial charge in [0, 0.05) is 12.0 Å².